The summed E-state index contributed by atoms with van der Waals surface area (Å²) in [5.41, 5.74) is 1.29. The summed E-state index contributed by atoms with van der Waals surface area (Å²) in [7, 11) is 0. The number of fused-ring (bicyclic) bond motifs is 1. The van der Waals surface area contributed by atoms with Gasteiger partial charge in [0.15, 0.2) is 0 Å². The number of carboxylic acid groups (broad SMARTS) is 1. The molecule has 116 valence electrons. The van der Waals surface area contributed by atoms with Crippen LogP contribution in [-0.2, 0) is 16.1 Å². The van der Waals surface area contributed by atoms with Gasteiger partial charge in [-0.15, -0.1) is 0 Å². The summed E-state index contributed by atoms with van der Waals surface area (Å²) in [5.74, 6) is -0.995. The normalized spacial score (nSPS) is 10.5. The lowest BCUT2D eigenvalue weighted by Gasteiger charge is -2.08. The standard InChI is InChI=1S/C16H18N2O4/c19-14(7-3-4-8-16(21)22)17-10-11-9-15(20)18-13-6-2-1-5-12(11)13/h1-2,5-6,9H,3-4,7-8,10H2,(H,17,19)(H,18,20)(H,21,22). The highest BCUT2D eigenvalue weighted by atomic mass is 16.4. The molecule has 6 heteroatoms. The number of nitrogens with one attached hydrogen (secondary N) is 2. The van der Waals surface area contributed by atoms with E-state index in [0.29, 0.717) is 12.8 Å². The number of aromatic amines is 1. The Labute approximate surface area is 127 Å². The third kappa shape index (κ3) is 4.44. The van der Waals surface area contributed by atoms with E-state index in [1.807, 2.05) is 24.3 Å². The fraction of sp³-hybridized carbons (Fsp3) is 0.312. The molecule has 22 heavy (non-hydrogen) atoms. The molecule has 0 aliphatic carbocycles. The molecular weight excluding hydrogens is 284 g/mol. The largest absolute Gasteiger partial charge is 0.481 e. The van der Waals surface area contributed by atoms with Gasteiger partial charge in [0.1, 0.15) is 0 Å². The average molecular weight is 302 g/mol. The van der Waals surface area contributed by atoms with Gasteiger partial charge in [-0.3, -0.25) is 14.4 Å². The molecule has 0 saturated carbocycles. The summed E-state index contributed by atoms with van der Waals surface area (Å²) in [6.07, 6.45) is 1.38. The van der Waals surface area contributed by atoms with Gasteiger partial charge in [-0.05, 0) is 24.5 Å². The maximum absolute atomic E-state index is 11.7. The van der Waals surface area contributed by atoms with Crippen molar-refractivity contribution < 1.29 is 14.7 Å². The van der Waals surface area contributed by atoms with Gasteiger partial charge >= 0.3 is 5.97 Å². The summed E-state index contributed by atoms with van der Waals surface area (Å²) >= 11 is 0. The number of aliphatic carboxylic acids is 1. The first kappa shape index (κ1) is 15.8. The highest BCUT2D eigenvalue weighted by molar-refractivity contribution is 5.82. The van der Waals surface area contributed by atoms with E-state index in [1.165, 1.54) is 6.07 Å². The zero-order valence-corrected chi connectivity index (χ0v) is 12.1. The predicted molar refractivity (Wildman–Crippen MR) is 82.5 cm³/mol. The van der Waals surface area contributed by atoms with Crippen molar-refractivity contribution in [2.75, 3.05) is 0 Å². The lowest BCUT2D eigenvalue weighted by Crippen LogP contribution is -2.23. The number of carboxylic acids is 1. The quantitative estimate of drug-likeness (QED) is 0.679. The van der Waals surface area contributed by atoms with Crippen molar-refractivity contribution >= 4 is 22.8 Å². The van der Waals surface area contributed by atoms with E-state index in [-0.39, 0.29) is 30.9 Å². The SMILES string of the molecule is O=C(O)CCCCC(=O)NCc1cc(=O)[nH]c2ccccc12. The Morgan fingerprint density at radius 3 is 2.64 bits per heavy atom. The minimum Gasteiger partial charge on any atom is -0.481 e. The monoisotopic (exact) mass is 302 g/mol. The second-order valence-electron chi connectivity index (χ2n) is 5.08. The first-order chi connectivity index (χ1) is 10.6. The second-order valence-corrected chi connectivity index (χ2v) is 5.08. The van der Waals surface area contributed by atoms with Crippen LogP contribution in [0.1, 0.15) is 31.2 Å². The predicted octanol–water partition coefficient (Wildman–Crippen LogP) is 1.79. The lowest BCUT2D eigenvalue weighted by atomic mass is 10.1. The summed E-state index contributed by atoms with van der Waals surface area (Å²) in [4.78, 5) is 36.5. The third-order valence-corrected chi connectivity index (χ3v) is 3.36. The summed E-state index contributed by atoms with van der Waals surface area (Å²) in [5, 5.41) is 12.2. The molecule has 0 aliphatic rings. The summed E-state index contributed by atoms with van der Waals surface area (Å²) in [6, 6.07) is 8.89. The van der Waals surface area contributed by atoms with Gasteiger partial charge in [-0.2, -0.15) is 0 Å². The van der Waals surface area contributed by atoms with Crippen LogP contribution in [0.15, 0.2) is 35.1 Å². The van der Waals surface area contributed by atoms with E-state index < -0.39 is 5.97 Å². The molecule has 0 bridgehead atoms. The Morgan fingerprint density at radius 2 is 1.86 bits per heavy atom. The Bertz CT molecular complexity index is 736. The molecule has 1 heterocycles. The number of carbonyl (C=O) groups is 2. The van der Waals surface area contributed by atoms with Crippen molar-refractivity contribution in [2.24, 2.45) is 0 Å². The van der Waals surface area contributed by atoms with Crippen molar-refractivity contribution in [3.05, 3.63) is 46.2 Å². The fourth-order valence-electron chi connectivity index (χ4n) is 2.27. The first-order valence-electron chi connectivity index (χ1n) is 7.15. The lowest BCUT2D eigenvalue weighted by molar-refractivity contribution is -0.137. The minimum atomic E-state index is -0.851. The van der Waals surface area contributed by atoms with E-state index >= 15 is 0 Å². The molecule has 2 aromatic rings. The summed E-state index contributed by atoms with van der Waals surface area (Å²) < 4.78 is 0. The van der Waals surface area contributed by atoms with Gasteiger partial charge in [0, 0.05) is 36.4 Å². The van der Waals surface area contributed by atoms with Gasteiger partial charge in [0.2, 0.25) is 11.5 Å². The number of aromatic nitrogens is 1. The minimum absolute atomic E-state index is 0.0754. The van der Waals surface area contributed by atoms with Crippen LogP contribution in [0.3, 0.4) is 0 Å². The molecule has 0 unspecified atom stereocenters. The van der Waals surface area contributed by atoms with Gasteiger partial charge < -0.3 is 15.4 Å². The van der Waals surface area contributed by atoms with Crippen LogP contribution in [0.4, 0.5) is 0 Å². The van der Waals surface area contributed by atoms with E-state index in [0.717, 1.165) is 16.5 Å². The number of hydrogen-bond acceptors (Lipinski definition) is 3. The highest BCUT2D eigenvalue weighted by Crippen LogP contribution is 2.14. The van der Waals surface area contributed by atoms with Crippen molar-refractivity contribution in [2.45, 2.75) is 32.2 Å². The van der Waals surface area contributed by atoms with Crippen LogP contribution in [0.5, 0.6) is 0 Å². The number of carbonyl (C=O) groups excluding carboxylic acids is 1. The number of benzene rings is 1. The van der Waals surface area contributed by atoms with E-state index in [1.54, 1.807) is 0 Å². The number of pyridine rings is 1. The van der Waals surface area contributed by atoms with E-state index in [2.05, 4.69) is 10.3 Å². The fourth-order valence-corrected chi connectivity index (χ4v) is 2.27. The van der Waals surface area contributed by atoms with Crippen LogP contribution in [0.2, 0.25) is 0 Å². The maximum Gasteiger partial charge on any atom is 0.303 e. The van der Waals surface area contributed by atoms with Gasteiger partial charge in [0.25, 0.3) is 0 Å². The topological polar surface area (TPSA) is 99.3 Å². The van der Waals surface area contributed by atoms with Crippen molar-refractivity contribution in [1.82, 2.24) is 10.3 Å². The Balaban J connectivity index is 1.93. The Morgan fingerprint density at radius 1 is 1.14 bits per heavy atom. The number of hydrogen-bond donors (Lipinski definition) is 3. The third-order valence-electron chi connectivity index (χ3n) is 3.36. The van der Waals surface area contributed by atoms with Crippen LogP contribution in [-0.4, -0.2) is 22.0 Å². The van der Waals surface area contributed by atoms with E-state index in [4.69, 9.17) is 5.11 Å². The zero-order valence-electron chi connectivity index (χ0n) is 12.1. The second kappa shape index (κ2) is 7.40. The van der Waals surface area contributed by atoms with Crippen molar-refractivity contribution in [3.63, 3.8) is 0 Å². The van der Waals surface area contributed by atoms with Crippen LogP contribution < -0.4 is 10.9 Å². The molecule has 0 spiro atoms. The number of H-pyrrole nitrogens is 1. The Kier molecular flexibility index (Phi) is 5.30. The van der Waals surface area contributed by atoms with Crippen molar-refractivity contribution in [1.29, 1.82) is 0 Å². The molecular formula is C16H18N2O4. The first-order valence-corrected chi connectivity index (χ1v) is 7.15. The zero-order chi connectivity index (χ0) is 15.9. The highest BCUT2D eigenvalue weighted by Gasteiger charge is 2.06. The average Bonchev–Trinajstić information content (AvgIpc) is 2.48. The molecule has 6 nitrogen and oxygen atoms in total. The van der Waals surface area contributed by atoms with Gasteiger partial charge in [-0.1, -0.05) is 18.2 Å². The number of para-hydroxylation sites is 1. The number of rotatable bonds is 7. The molecule has 2 rings (SSSR count). The van der Waals surface area contributed by atoms with Gasteiger partial charge in [-0.25, -0.2) is 0 Å². The molecule has 1 amide bonds. The van der Waals surface area contributed by atoms with Crippen LogP contribution >= 0.6 is 0 Å². The van der Waals surface area contributed by atoms with Crippen LogP contribution in [0, 0.1) is 0 Å². The van der Waals surface area contributed by atoms with E-state index in [9.17, 15) is 14.4 Å². The molecule has 0 fully saturated rings. The van der Waals surface area contributed by atoms with Crippen molar-refractivity contribution in [3.8, 4) is 0 Å². The molecule has 3 N–H and O–H groups in total. The summed E-state index contributed by atoms with van der Waals surface area (Å²) in [6.45, 7) is 0.280. The molecule has 0 aliphatic heterocycles. The van der Waals surface area contributed by atoms with Gasteiger partial charge in [0.05, 0.1) is 0 Å². The molecule has 0 atom stereocenters. The molecule has 1 aromatic heterocycles. The molecule has 1 aromatic carbocycles. The number of unbranched alkanes of at least 4 members (excludes halogenated alkanes) is 1. The molecule has 0 saturated heterocycles. The molecule has 0 radical (unpaired) electrons. The Hall–Kier alpha value is -2.63. The smallest absolute Gasteiger partial charge is 0.303 e. The van der Waals surface area contributed by atoms with Crippen LogP contribution in [0.25, 0.3) is 10.9 Å². The number of amides is 1. The maximum atomic E-state index is 11.7.